The topological polar surface area (TPSA) is 188 Å². The number of anilines is 2. The van der Waals surface area contributed by atoms with E-state index in [-0.39, 0.29) is 54.6 Å². The third-order valence-corrected chi connectivity index (χ3v) is 9.06. The molecule has 4 aromatic rings. The second kappa shape index (κ2) is 9.81. The molecular weight excluding hydrogens is 596 g/mol. The van der Waals surface area contributed by atoms with Crippen molar-refractivity contribution in [2.75, 3.05) is 5.32 Å². The predicted molar refractivity (Wildman–Crippen MR) is 159 cm³/mol. The molecule has 0 bridgehead atoms. The highest BCUT2D eigenvalue weighted by Gasteiger charge is 2.24. The largest absolute Gasteiger partial charge is 0.506 e. The molecular formula is C30H20N2O9S2. The Kier molecular flexibility index (Phi) is 6.43. The van der Waals surface area contributed by atoms with Crippen molar-refractivity contribution in [3.8, 4) is 0 Å². The van der Waals surface area contributed by atoms with Crippen molar-refractivity contribution >= 4 is 59.0 Å². The first kappa shape index (κ1) is 28.2. The van der Waals surface area contributed by atoms with Crippen molar-refractivity contribution < 1.29 is 31.0 Å². The van der Waals surface area contributed by atoms with Gasteiger partial charge < -0.3 is 10.4 Å². The molecule has 0 fully saturated rings. The van der Waals surface area contributed by atoms with Crippen LogP contribution in [0, 0.1) is 17.4 Å². The number of nitrogens with one attached hydrogen (secondary N) is 1. The lowest BCUT2D eigenvalue weighted by Gasteiger charge is -2.16. The van der Waals surface area contributed by atoms with Gasteiger partial charge in [0.25, 0.3) is 25.8 Å². The fourth-order valence-corrected chi connectivity index (χ4v) is 6.80. The monoisotopic (exact) mass is 616 g/mol. The van der Waals surface area contributed by atoms with Crippen LogP contribution in [0.5, 0.6) is 0 Å². The van der Waals surface area contributed by atoms with Crippen LogP contribution in [0.25, 0.3) is 27.4 Å². The molecule has 1 aliphatic carbocycles. The molecule has 0 unspecified atom stereocenters. The lowest BCUT2D eigenvalue weighted by Crippen LogP contribution is -2.33. The van der Waals surface area contributed by atoms with Crippen LogP contribution in [0.1, 0.15) is 11.1 Å². The van der Waals surface area contributed by atoms with E-state index in [1.54, 1.807) is 54.6 Å². The lowest BCUT2D eigenvalue weighted by atomic mass is 9.96. The number of aryl methyl sites for hydroxylation is 1. The summed E-state index contributed by atoms with van der Waals surface area (Å²) in [5.74, 6) is -0.353. The highest BCUT2D eigenvalue weighted by molar-refractivity contribution is 7.86. The molecule has 1 heterocycles. The van der Waals surface area contributed by atoms with Gasteiger partial charge in [-0.25, -0.2) is 4.98 Å². The number of aliphatic hydroxyl groups excluding tert-OH is 1. The molecule has 0 atom stereocenters. The summed E-state index contributed by atoms with van der Waals surface area (Å²) in [6.07, 6.45) is 0. The molecule has 11 nitrogen and oxygen atoms in total. The van der Waals surface area contributed by atoms with E-state index in [0.717, 1.165) is 6.07 Å². The Bertz CT molecular complexity index is 2590. The van der Waals surface area contributed by atoms with Crippen molar-refractivity contribution in [3.05, 3.63) is 126 Å². The lowest BCUT2D eigenvalue weighted by molar-refractivity contribution is 0.481. The minimum absolute atomic E-state index is 0.00129. The molecule has 0 saturated heterocycles. The van der Waals surface area contributed by atoms with E-state index in [9.17, 15) is 40.6 Å². The zero-order chi connectivity index (χ0) is 30.8. The number of benzene rings is 4. The zero-order valence-electron chi connectivity index (χ0n) is 22.1. The number of aromatic nitrogens is 1. The molecule has 43 heavy (non-hydrogen) atoms. The van der Waals surface area contributed by atoms with Crippen molar-refractivity contribution in [2.45, 2.75) is 16.7 Å². The molecule has 6 rings (SSSR count). The van der Waals surface area contributed by atoms with Gasteiger partial charge in [0.05, 0.1) is 32.4 Å². The van der Waals surface area contributed by atoms with Gasteiger partial charge in [-0.15, -0.1) is 0 Å². The van der Waals surface area contributed by atoms with Crippen molar-refractivity contribution in [1.29, 1.82) is 0 Å². The van der Waals surface area contributed by atoms with E-state index >= 15 is 0 Å². The van der Waals surface area contributed by atoms with Crippen LogP contribution in [-0.4, -0.2) is 36.0 Å². The molecule has 0 amide bonds. The summed E-state index contributed by atoms with van der Waals surface area (Å²) in [7, 11) is -9.89. The van der Waals surface area contributed by atoms with Crippen LogP contribution in [0.3, 0.4) is 0 Å². The van der Waals surface area contributed by atoms with E-state index < -0.39 is 41.0 Å². The van der Waals surface area contributed by atoms with E-state index in [0.29, 0.717) is 17.0 Å². The molecule has 13 heteroatoms. The van der Waals surface area contributed by atoms with Gasteiger partial charge >= 0.3 is 0 Å². The second-order valence-electron chi connectivity index (χ2n) is 9.83. The van der Waals surface area contributed by atoms with Gasteiger partial charge in [-0.2, -0.15) is 16.8 Å². The molecule has 0 saturated carbocycles. The third-order valence-electron chi connectivity index (χ3n) is 7.17. The normalized spacial score (nSPS) is 13.1. The average Bonchev–Trinajstić information content (AvgIpc) is 2.95. The number of aliphatic hydroxyl groups is 1. The van der Waals surface area contributed by atoms with Crippen LogP contribution in [0.15, 0.2) is 98.2 Å². The van der Waals surface area contributed by atoms with Crippen LogP contribution < -0.4 is 21.5 Å². The number of hydrogen-bond donors (Lipinski definition) is 4. The average molecular weight is 617 g/mol. The van der Waals surface area contributed by atoms with Gasteiger partial charge in [-0.3, -0.25) is 18.7 Å². The number of fused-ring (bicyclic) bond motifs is 2. The molecule has 1 aliphatic heterocycles. The van der Waals surface area contributed by atoms with Gasteiger partial charge in [0.2, 0.25) is 0 Å². The molecule has 216 valence electrons. The Morgan fingerprint density at radius 3 is 2.02 bits per heavy atom. The fraction of sp³-hybridized carbons (Fsp3) is 0.0333. The summed E-state index contributed by atoms with van der Waals surface area (Å²) in [5, 5.41) is 15.0. The summed E-state index contributed by atoms with van der Waals surface area (Å²) >= 11 is 0. The SMILES string of the molecule is Cc1cc(Nc2ccc3nc(=O)c(=C(O)c4ccccc4)c4c5ccccc5c(=O)c2c3=4)c(S(=O)(=O)O)cc1S(=O)(=O)O. The van der Waals surface area contributed by atoms with Crippen LogP contribution in [0.4, 0.5) is 11.4 Å². The van der Waals surface area contributed by atoms with Gasteiger partial charge in [-0.05, 0) is 42.1 Å². The molecule has 4 aromatic carbocycles. The van der Waals surface area contributed by atoms with Gasteiger partial charge in [0, 0.05) is 21.4 Å². The summed E-state index contributed by atoms with van der Waals surface area (Å²) in [6, 6.07) is 19.3. The summed E-state index contributed by atoms with van der Waals surface area (Å²) in [5.41, 5.74) is -1.04. The fourth-order valence-electron chi connectivity index (χ4n) is 5.34. The Hall–Kier alpha value is -4.95. The van der Waals surface area contributed by atoms with Crippen molar-refractivity contribution in [3.63, 3.8) is 0 Å². The van der Waals surface area contributed by atoms with Gasteiger partial charge in [0.1, 0.15) is 10.7 Å². The summed E-state index contributed by atoms with van der Waals surface area (Å²) in [6.45, 7) is 1.31. The molecule has 0 spiro atoms. The maximum absolute atomic E-state index is 14.0. The predicted octanol–water partition coefficient (Wildman–Crippen LogP) is 3.25. The Morgan fingerprint density at radius 2 is 1.37 bits per heavy atom. The summed E-state index contributed by atoms with van der Waals surface area (Å²) in [4.78, 5) is 29.9. The highest BCUT2D eigenvalue weighted by atomic mass is 32.2. The van der Waals surface area contributed by atoms with Crippen LogP contribution >= 0.6 is 0 Å². The second-order valence-corrected chi connectivity index (χ2v) is 12.6. The van der Waals surface area contributed by atoms with Gasteiger partial charge in [-0.1, -0.05) is 54.6 Å². The Labute approximate surface area is 242 Å². The number of rotatable bonds is 5. The van der Waals surface area contributed by atoms with E-state index in [1.165, 1.54) is 19.1 Å². The molecule has 0 radical (unpaired) electrons. The first-order valence-electron chi connectivity index (χ1n) is 12.6. The smallest absolute Gasteiger partial charge is 0.296 e. The minimum Gasteiger partial charge on any atom is -0.506 e. The number of nitrogens with zero attached hydrogens (tertiary/aromatic N) is 1. The van der Waals surface area contributed by atoms with E-state index in [2.05, 4.69) is 10.3 Å². The molecule has 4 N–H and O–H groups in total. The Balaban J connectivity index is 1.80. The minimum atomic E-state index is -5.04. The van der Waals surface area contributed by atoms with E-state index in [4.69, 9.17) is 0 Å². The summed E-state index contributed by atoms with van der Waals surface area (Å²) < 4.78 is 67.7. The maximum Gasteiger partial charge on any atom is 0.296 e. The highest BCUT2D eigenvalue weighted by Crippen LogP contribution is 2.33. The van der Waals surface area contributed by atoms with Crippen LogP contribution in [0.2, 0.25) is 0 Å². The van der Waals surface area contributed by atoms with Gasteiger partial charge in [0.15, 0.2) is 5.43 Å². The third kappa shape index (κ3) is 4.64. The standard InChI is InChI=1S/C30H20N2O9S2/c1-15-13-21(23(43(39,40)41)14-22(15)42(36,37)38)31-20-12-11-19-25-24(17-9-5-6-10-18(17)29(34)26(20)25)27(30(35)32-19)28(33)16-7-3-2-4-8-16/h2-14,31,33H,1H3,(H,36,37,38)(H,39,40,41). The Morgan fingerprint density at radius 1 is 0.744 bits per heavy atom. The maximum atomic E-state index is 14.0. The molecule has 2 aliphatic rings. The van der Waals surface area contributed by atoms with Crippen LogP contribution in [-0.2, 0) is 20.2 Å². The number of hydrogen-bond acceptors (Lipinski definition) is 9. The first-order valence-corrected chi connectivity index (χ1v) is 15.5. The zero-order valence-corrected chi connectivity index (χ0v) is 23.7. The molecule has 0 aromatic heterocycles. The first-order chi connectivity index (χ1) is 20.3. The van der Waals surface area contributed by atoms with E-state index in [1.807, 2.05) is 0 Å². The quantitative estimate of drug-likeness (QED) is 0.208. The van der Waals surface area contributed by atoms with Crippen molar-refractivity contribution in [2.24, 2.45) is 0 Å². The van der Waals surface area contributed by atoms with Crippen molar-refractivity contribution in [1.82, 2.24) is 4.98 Å².